The second-order valence-corrected chi connectivity index (χ2v) is 9.53. The second kappa shape index (κ2) is 10.8. The molecule has 0 aromatic heterocycles. The van der Waals surface area contributed by atoms with Crippen molar-refractivity contribution in [3.05, 3.63) is 0 Å². The summed E-state index contributed by atoms with van der Waals surface area (Å²) in [6, 6.07) is 0. The monoisotopic (exact) mass is 264 g/mol. The van der Waals surface area contributed by atoms with Crippen molar-refractivity contribution in [2.75, 3.05) is 0 Å². The van der Waals surface area contributed by atoms with Crippen molar-refractivity contribution < 1.29 is 0 Å². The molecular formula is C10H24Sn. The number of rotatable bonds is 8. The Hall–Kier alpha value is 0.799. The van der Waals surface area contributed by atoms with E-state index in [1.54, 1.807) is 21.7 Å². The molecule has 0 nitrogen and oxygen atoms in total. The number of hydrogen-bond donors (Lipinski definition) is 0. The summed E-state index contributed by atoms with van der Waals surface area (Å²) in [6.45, 7) is 4.60. The van der Waals surface area contributed by atoms with Crippen LogP contribution in [0.2, 0.25) is 8.87 Å². The van der Waals surface area contributed by atoms with Crippen LogP contribution in [0.3, 0.4) is 0 Å². The summed E-state index contributed by atoms with van der Waals surface area (Å²) < 4.78 is 3.36. The molecule has 0 N–H and O–H groups in total. The first kappa shape index (κ1) is 11.8. The van der Waals surface area contributed by atoms with Gasteiger partial charge in [-0.1, -0.05) is 0 Å². The van der Waals surface area contributed by atoms with Gasteiger partial charge in [0.05, 0.1) is 0 Å². The molecule has 0 saturated carbocycles. The van der Waals surface area contributed by atoms with E-state index in [2.05, 4.69) is 13.8 Å². The van der Waals surface area contributed by atoms with E-state index in [1.807, 2.05) is 0 Å². The van der Waals surface area contributed by atoms with Gasteiger partial charge in [-0.15, -0.1) is 0 Å². The van der Waals surface area contributed by atoms with Crippen LogP contribution in [0.15, 0.2) is 0 Å². The predicted octanol–water partition coefficient (Wildman–Crippen LogP) is 3.37. The van der Waals surface area contributed by atoms with Crippen molar-refractivity contribution in [2.24, 2.45) is 0 Å². The first-order valence-electron chi connectivity index (χ1n) is 5.41. The fourth-order valence-corrected chi connectivity index (χ4v) is 6.43. The molecular weight excluding hydrogens is 239 g/mol. The third kappa shape index (κ3) is 10.8. The summed E-state index contributed by atoms with van der Waals surface area (Å²) in [5.41, 5.74) is 0. The third-order valence-electron chi connectivity index (χ3n) is 2.21. The van der Waals surface area contributed by atoms with E-state index < -0.39 is 0 Å². The molecule has 68 valence electrons. The van der Waals surface area contributed by atoms with Crippen LogP contribution >= 0.6 is 0 Å². The molecule has 0 unspecified atom stereocenters. The van der Waals surface area contributed by atoms with E-state index in [4.69, 9.17) is 0 Å². The van der Waals surface area contributed by atoms with Crippen molar-refractivity contribution in [2.45, 2.75) is 61.2 Å². The second-order valence-electron chi connectivity index (χ2n) is 3.47. The molecule has 0 radical (unpaired) electrons. The topological polar surface area (TPSA) is 0 Å². The molecule has 0 aliphatic rings. The van der Waals surface area contributed by atoms with Gasteiger partial charge in [0.2, 0.25) is 0 Å². The Labute approximate surface area is 82.4 Å². The van der Waals surface area contributed by atoms with Gasteiger partial charge < -0.3 is 0 Å². The molecule has 1 heteroatoms. The van der Waals surface area contributed by atoms with Crippen LogP contribution in [0.5, 0.6) is 0 Å². The van der Waals surface area contributed by atoms with Gasteiger partial charge in [-0.2, -0.15) is 0 Å². The molecule has 11 heavy (non-hydrogen) atoms. The van der Waals surface area contributed by atoms with Gasteiger partial charge in [0.1, 0.15) is 0 Å². The van der Waals surface area contributed by atoms with Crippen molar-refractivity contribution in [3.8, 4) is 0 Å². The minimum absolute atomic E-state index is 0.193. The zero-order chi connectivity index (χ0) is 8.36. The van der Waals surface area contributed by atoms with E-state index in [0.717, 1.165) is 0 Å². The molecule has 0 bridgehead atoms. The Morgan fingerprint density at radius 2 is 1.18 bits per heavy atom. The fraction of sp³-hybridized carbons (Fsp3) is 1.00. The standard InChI is InChI=1S/2C5H11.Sn.2H/c2*1-3-5-4-2;;;/h2*1,3-5H2,2H3;;;. The first-order valence-corrected chi connectivity index (χ1v) is 11.1. The first-order chi connectivity index (χ1) is 5.41. The Bertz CT molecular complexity index is 53.9. The summed E-state index contributed by atoms with van der Waals surface area (Å²) in [5, 5.41) is 0. The van der Waals surface area contributed by atoms with Crippen LogP contribution in [0.4, 0.5) is 0 Å². The average molecular weight is 263 g/mol. The summed E-state index contributed by atoms with van der Waals surface area (Å²) in [4.78, 5) is 0. The predicted molar refractivity (Wildman–Crippen MR) is 57.2 cm³/mol. The summed E-state index contributed by atoms with van der Waals surface area (Å²) >= 11 is -0.193. The Balaban J connectivity index is 2.69. The molecule has 0 fully saturated rings. The maximum atomic E-state index is 2.30. The van der Waals surface area contributed by atoms with Crippen molar-refractivity contribution in [1.82, 2.24) is 0 Å². The van der Waals surface area contributed by atoms with Gasteiger partial charge in [0, 0.05) is 0 Å². The molecule has 0 aromatic rings. The minimum atomic E-state index is -0.193. The van der Waals surface area contributed by atoms with Crippen LogP contribution in [0.25, 0.3) is 0 Å². The maximum absolute atomic E-state index is 2.30. The van der Waals surface area contributed by atoms with Crippen LogP contribution in [0.1, 0.15) is 52.4 Å². The van der Waals surface area contributed by atoms with Crippen molar-refractivity contribution >= 4 is 21.1 Å². The van der Waals surface area contributed by atoms with Gasteiger partial charge in [0.15, 0.2) is 0 Å². The Kier molecular flexibility index (Phi) is 11.6. The third-order valence-corrected chi connectivity index (χ3v) is 7.92. The summed E-state index contributed by atoms with van der Waals surface area (Å²) in [6.07, 6.45) is 8.90. The van der Waals surface area contributed by atoms with E-state index in [0.29, 0.717) is 0 Å². The molecule has 0 rings (SSSR count). The zero-order valence-corrected chi connectivity index (χ0v) is 12.4. The molecule has 0 atom stereocenters. The summed E-state index contributed by atoms with van der Waals surface area (Å²) in [5.74, 6) is 0. The van der Waals surface area contributed by atoms with Crippen LogP contribution in [-0.4, -0.2) is 21.1 Å². The van der Waals surface area contributed by atoms with Gasteiger partial charge in [-0.3, -0.25) is 0 Å². The van der Waals surface area contributed by atoms with Crippen molar-refractivity contribution in [1.29, 1.82) is 0 Å². The van der Waals surface area contributed by atoms with Crippen molar-refractivity contribution in [3.63, 3.8) is 0 Å². The number of unbranched alkanes of at least 4 members (excludes halogenated alkanes) is 4. The SMILES string of the molecule is CCCC[CH2][SnH2][CH2]CCCC. The van der Waals surface area contributed by atoms with Crippen LogP contribution < -0.4 is 0 Å². The average Bonchev–Trinajstić information content (AvgIpc) is 2.03. The van der Waals surface area contributed by atoms with E-state index in [1.165, 1.54) is 25.7 Å². The van der Waals surface area contributed by atoms with Gasteiger partial charge in [-0.25, -0.2) is 0 Å². The molecule has 0 aromatic carbocycles. The molecule has 0 aliphatic carbocycles. The van der Waals surface area contributed by atoms with Crippen LogP contribution in [0, 0.1) is 0 Å². The van der Waals surface area contributed by atoms with E-state index in [-0.39, 0.29) is 21.1 Å². The normalized spacial score (nSPS) is 10.4. The molecule has 0 saturated heterocycles. The molecule has 0 heterocycles. The zero-order valence-electron chi connectivity index (χ0n) is 8.36. The van der Waals surface area contributed by atoms with Gasteiger partial charge >= 0.3 is 82.4 Å². The van der Waals surface area contributed by atoms with E-state index in [9.17, 15) is 0 Å². The molecule has 0 spiro atoms. The fourth-order valence-electron chi connectivity index (χ4n) is 1.38. The van der Waals surface area contributed by atoms with E-state index >= 15 is 0 Å². The quantitative estimate of drug-likeness (QED) is 0.465. The number of hydrogen-bond acceptors (Lipinski definition) is 0. The molecule has 0 aliphatic heterocycles. The Morgan fingerprint density at radius 1 is 0.727 bits per heavy atom. The summed E-state index contributed by atoms with van der Waals surface area (Å²) in [7, 11) is 0. The molecule has 0 amide bonds. The van der Waals surface area contributed by atoms with Gasteiger partial charge in [0.25, 0.3) is 0 Å². The Morgan fingerprint density at radius 3 is 1.55 bits per heavy atom. The van der Waals surface area contributed by atoms with Gasteiger partial charge in [-0.05, 0) is 0 Å². The van der Waals surface area contributed by atoms with Crippen LogP contribution in [-0.2, 0) is 0 Å².